The van der Waals surface area contributed by atoms with Crippen LogP contribution in [0.2, 0.25) is 0 Å². The van der Waals surface area contributed by atoms with Gasteiger partial charge in [0.1, 0.15) is 12.4 Å². The van der Waals surface area contributed by atoms with E-state index >= 15 is 0 Å². The first kappa shape index (κ1) is 18.0. The molecule has 26 heavy (non-hydrogen) atoms. The lowest BCUT2D eigenvalue weighted by Crippen LogP contribution is -2.14. The molecule has 0 spiro atoms. The maximum Gasteiger partial charge on any atom is 0.234 e. The zero-order valence-corrected chi connectivity index (χ0v) is 15.5. The number of hydrogen-bond donors (Lipinski definition) is 1. The maximum absolute atomic E-state index is 12.0. The number of nitrogens with zero attached hydrogens (tertiary/aromatic N) is 3. The second kappa shape index (κ2) is 8.53. The molecule has 0 aliphatic rings. The van der Waals surface area contributed by atoms with Crippen LogP contribution in [0.1, 0.15) is 11.4 Å². The number of rotatable bonds is 7. The average Bonchev–Trinajstić information content (AvgIpc) is 3.00. The van der Waals surface area contributed by atoms with Gasteiger partial charge < -0.3 is 14.6 Å². The molecule has 0 unspecified atom stereocenters. The summed E-state index contributed by atoms with van der Waals surface area (Å²) in [6.07, 6.45) is 0. The maximum atomic E-state index is 12.0. The molecule has 2 aromatic carbocycles. The summed E-state index contributed by atoms with van der Waals surface area (Å²) < 4.78 is 7.66. The Morgan fingerprint density at radius 3 is 2.62 bits per heavy atom. The van der Waals surface area contributed by atoms with E-state index in [-0.39, 0.29) is 11.7 Å². The van der Waals surface area contributed by atoms with Gasteiger partial charge in [0.15, 0.2) is 11.0 Å². The second-order valence-corrected chi connectivity index (χ2v) is 6.66. The Morgan fingerprint density at radius 2 is 1.85 bits per heavy atom. The molecular weight excluding hydrogens is 348 g/mol. The molecule has 7 heteroatoms. The number of aromatic nitrogens is 3. The number of anilines is 1. The van der Waals surface area contributed by atoms with Crippen LogP contribution in [-0.4, -0.2) is 26.4 Å². The molecule has 0 aliphatic heterocycles. The molecule has 0 bridgehead atoms. The molecule has 3 aromatic rings. The van der Waals surface area contributed by atoms with Gasteiger partial charge in [-0.2, -0.15) is 0 Å². The van der Waals surface area contributed by atoms with Crippen molar-refractivity contribution in [3.8, 4) is 5.75 Å². The SMILES string of the molecule is Cc1ccccc1OCc1nnc(SCC(=O)Nc2ccccc2)n1C. The van der Waals surface area contributed by atoms with E-state index < -0.39 is 0 Å². The van der Waals surface area contributed by atoms with Crippen LogP contribution < -0.4 is 10.1 Å². The van der Waals surface area contributed by atoms with Crippen molar-refractivity contribution >= 4 is 23.4 Å². The van der Waals surface area contributed by atoms with Crippen molar-refractivity contribution in [1.29, 1.82) is 0 Å². The number of hydrogen-bond acceptors (Lipinski definition) is 5. The lowest BCUT2D eigenvalue weighted by Gasteiger charge is -2.08. The summed E-state index contributed by atoms with van der Waals surface area (Å²) in [5.74, 6) is 1.72. The largest absolute Gasteiger partial charge is 0.485 e. The number of nitrogens with one attached hydrogen (secondary N) is 1. The molecule has 0 saturated carbocycles. The van der Waals surface area contributed by atoms with Gasteiger partial charge in [0, 0.05) is 12.7 Å². The van der Waals surface area contributed by atoms with Crippen molar-refractivity contribution in [2.24, 2.45) is 7.05 Å². The molecule has 0 saturated heterocycles. The summed E-state index contributed by atoms with van der Waals surface area (Å²) in [7, 11) is 1.87. The van der Waals surface area contributed by atoms with Crippen LogP contribution in [0, 0.1) is 6.92 Å². The Morgan fingerprint density at radius 1 is 1.12 bits per heavy atom. The van der Waals surface area contributed by atoms with Crippen LogP contribution in [0.5, 0.6) is 5.75 Å². The first-order valence-corrected chi connectivity index (χ1v) is 9.16. The highest BCUT2D eigenvalue weighted by Gasteiger charge is 2.12. The van der Waals surface area contributed by atoms with Gasteiger partial charge in [0.25, 0.3) is 0 Å². The summed E-state index contributed by atoms with van der Waals surface area (Å²) in [4.78, 5) is 12.0. The number of carbonyl (C=O) groups excluding carboxylic acids is 1. The van der Waals surface area contributed by atoms with Crippen molar-refractivity contribution in [3.05, 3.63) is 66.0 Å². The summed E-state index contributed by atoms with van der Waals surface area (Å²) in [6.45, 7) is 2.32. The molecule has 1 N–H and O–H groups in total. The van der Waals surface area contributed by atoms with E-state index in [1.165, 1.54) is 11.8 Å². The summed E-state index contributed by atoms with van der Waals surface area (Å²) in [5.41, 5.74) is 1.85. The zero-order chi connectivity index (χ0) is 18.4. The van der Waals surface area contributed by atoms with Gasteiger partial charge in [0.2, 0.25) is 5.91 Å². The standard InChI is InChI=1S/C19H20N4O2S/c1-14-8-6-7-11-16(14)25-12-17-21-22-19(23(17)2)26-13-18(24)20-15-9-4-3-5-10-15/h3-11H,12-13H2,1-2H3,(H,20,24). The molecule has 0 aliphatic carbocycles. The predicted molar refractivity (Wildman–Crippen MR) is 102 cm³/mol. The molecule has 1 aromatic heterocycles. The van der Waals surface area contributed by atoms with Crippen molar-refractivity contribution in [3.63, 3.8) is 0 Å². The predicted octanol–water partition coefficient (Wildman–Crippen LogP) is 3.43. The Labute approximate surface area is 156 Å². The lowest BCUT2D eigenvalue weighted by atomic mass is 10.2. The number of aryl methyl sites for hydroxylation is 1. The molecule has 0 radical (unpaired) electrons. The van der Waals surface area contributed by atoms with Crippen LogP contribution in [0.3, 0.4) is 0 Å². The van der Waals surface area contributed by atoms with Gasteiger partial charge in [-0.3, -0.25) is 4.79 Å². The average molecular weight is 368 g/mol. The number of ether oxygens (including phenoxy) is 1. The molecule has 3 rings (SSSR count). The van der Waals surface area contributed by atoms with Crippen LogP contribution >= 0.6 is 11.8 Å². The molecular formula is C19H20N4O2S. The number of amides is 1. The number of carbonyl (C=O) groups is 1. The molecule has 1 amide bonds. The lowest BCUT2D eigenvalue weighted by molar-refractivity contribution is -0.113. The monoisotopic (exact) mass is 368 g/mol. The van der Waals surface area contributed by atoms with Crippen LogP contribution in [0.4, 0.5) is 5.69 Å². The van der Waals surface area contributed by atoms with E-state index in [1.807, 2.05) is 73.1 Å². The highest BCUT2D eigenvalue weighted by molar-refractivity contribution is 7.99. The quantitative estimate of drug-likeness (QED) is 0.647. The second-order valence-electron chi connectivity index (χ2n) is 5.71. The first-order valence-electron chi connectivity index (χ1n) is 8.18. The van der Waals surface area contributed by atoms with Gasteiger partial charge in [-0.1, -0.05) is 48.2 Å². The normalized spacial score (nSPS) is 10.5. The minimum Gasteiger partial charge on any atom is -0.485 e. The fraction of sp³-hybridized carbons (Fsp3) is 0.211. The molecule has 6 nitrogen and oxygen atoms in total. The highest BCUT2D eigenvalue weighted by atomic mass is 32.2. The number of benzene rings is 2. The first-order chi connectivity index (χ1) is 12.6. The third-order valence-electron chi connectivity index (χ3n) is 3.77. The van der Waals surface area contributed by atoms with Gasteiger partial charge in [-0.25, -0.2) is 0 Å². The molecule has 0 fully saturated rings. The van der Waals surface area contributed by atoms with E-state index in [0.717, 1.165) is 17.0 Å². The number of para-hydroxylation sites is 2. The van der Waals surface area contributed by atoms with Gasteiger partial charge in [0.05, 0.1) is 5.75 Å². The van der Waals surface area contributed by atoms with Crippen molar-refractivity contribution < 1.29 is 9.53 Å². The van der Waals surface area contributed by atoms with Gasteiger partial charge in [-0.05, 0) is 30.7 Å². The molecule has 0 atom stereocenters. The van der Waals surface area contributed by atoms with Crippen LogP contribution in [0.15, 0.2) is 59.8 Å². The fourth-order valence-corrected chi connectivity index (χ4v) is 3.04. The summed E-state index contributed by atoms with van der Waals surface area (Å²) >= 11 is 1.34. The minimum absolute atomic E-state index is 0.0816. The third kappa shape index (κ3) is 4.64. The van der Waals surface area contributed by atoms with E-state index in [2.05, 4.69) is 15.5 Å². The van der Waals surface area contributed by atoms with Gasteiger partial charge >= 0.3 is 0 Å². The van der Waals surface area contributed by atoms with E-state index in [0.29, 0.717) is 17.6 Å². The third-order valence-corrected chi connectivity index (χ3v) is 4.79. The van der Waals surface area contributed by atoms with Crippen molar-refractivity contribution in [2.75, 3.05) is 11.1 Å². The highest BCUT2D eigenvalue weighted by Crippen LogP contribution is 2.20. The zero-order valence-electron chi connectivity index (χ0n) is 14.7. The van der Waals surface area contributed by atoms with E-state index in [1.54, 1.807) is 0 Å². The van der Waals surface area contributed by atoms with Crippen LogP contribution in [0.25, 0.3) is 0 Å². The minimum atomic E-state index is -0.0816. The summed E-state index contributed by atoms with van der Waals surface area (Å²) in [5, 5.41) is 11.8. The summed E-state index contributed by atoms with van der Waals surface area (Å²) in [6, 6.07) is 17.2. The van der Waals surface area contributed by atoms with Crippen molar-refractivity contribution in [2.45, 2.75) is 18.7 Å². The van der Waals surface area contributed by atoms with E-state index in [9.17, 15) is 4.79 Å². The Kier molecular flexibility index (Phi) is 5.91. The number of thioether (sulfide) groups is 1. The molecule has 1 heterocycles. The molecule has 134 valence electrons. The van der Waals surface area contributed by atoms with Crippen molar-refractivity contribution in [1.82, 2.24) is 14.8 Å². The topological polar surface area (TPSA) is 69.0 Å². The Bertz CT molecular complexity index is 880. The fourth-order valence-electron chi connectivity index (χ4n) is 2.31. The van der Waals surface area contributed by atoms with Gasteiger partial charge in [-0.15, -0.1) is 10.2 Å². The smallest absolute Gasteiger partial charge is 0.234 e. The van der Waals surface area contributed by atoms with E-state index in [4.69, 9.17) is 4.74 Å². The van der Waals surface area contributed by atoms with Crippen LogP contribution in [-0.2, 0) is 18.4 Å². The Hall–Kier alpha value is -2.80. The Balaban J connectivity index is 1.53.